The summed E-state index contributed by atoms with van der Waals surface area (Å²) in [6.07, 6.45) is 11.0. The van der Waals surface area contributed by atoms with Crippen molar-refractivity contribution in [2.24, 2.45) is 11.8 Å². The molecule has 1 aliphatic heterocycles. The lowest BCUT2D eigenvalue weighted by Gasteiger charge is -2.41. The lowest BCUT2D eigenvalue weighted by molar-refractivity contribution is -0.253. The summed E-state index contributed by atoms with van der Waals surface area (Å²) in [4.78, 5) is 22.2. The number of rotatable bonds is 7. The Morgan fingerprint density at radius 3 is 2.74 bits per heavy atom. The second kappa shape index (κ2) is 11.4. The number of allylic oxidation sites excluding steroid dienone is 4. The van der Waals surface area contributed by atoms with Crippen LogP contribution in [0.2, 0.25) is 5.02 Å². The lowest BCUT2D eigenvalue weighted by atomic mass is 9.82. The highest BCUT2D eigenvalue weighted by Crippen LogP contribution is 2.38. The van der Waals surface area contributed by atoms with Crippen LogP contribution in [0.1, 0.15) is 38.0 Å². The Hall–Kier alpha value is -2.25. The van der Waals surface area contributed by atoms with Gasteiger partial charge in [0.05, 0.1) is 18.8 Å². The smallest absolute Gasteiger partial charge is 0.313 e. The average Bonchev–Trinajstić information content (AvgIpc) is 2.74. The zero-order valence-corrected chi connectivity index (χ0v) is 18.1. The fraction of sp³-hybridized carbons (Fsp3) is 0.417. The molecule has 1 fully saturated rings. The number of hydrogen-bond donors (Lipinski definition) is 1. The second-order valence-electron chi connectivity index (χ2n) is 7.60. The van der Waals surface area contributed by atoms with Gasteiger partial charge < -0.3 is 19.3 Å². The fourth-order valence-corrected chi connectivity index (χ4v) is 3.98. The van der Waals surface area contributed by atoms with Crippen LogP contribution in [-0.2, 0) is 23.8 Å². The van der Waals surface area contributed by atoms with Gasteiger partial charge in [0.25, 0.3) is 0 Å². The summed E-state index contributed by atoms with van der Waals surface area (Å²) in [6.45, 7) is 1.65. The first kappa shape index (κ1) is 23.4. The van der Waals surface area contributed by atoms with E-state index < -0.39 is 24.3 Å². The third kappa shape index (κ3) is 6.61. The van der Waals surface area contributed by atoms with Crippen LogP contribution in [0.15, 0.2) is 60.7 Å². The number of aliphatic hydroxyl groups excluding tert-OH is 1. The van der Waals surface area contributed by atoms with Crippen LogP contribution in [0.25, 0.3) is 0 Å². The van der Waals surface area contributed by atoms with Crippen molar-refractivity contribution in [1.29, 1.82) is 0 Å². The van der Waals surface area contributed by atoms with Crippen molar-refractivity contribution in [1.82, 2.24) is 0 Å². The fourth-order valence-electron chi connectivity index (χ4n) is 3.75. The first-order chi connectivity index (χ1) is 15.0. The molecule has 0 bridgehead atoms. The van der Waals surface area contributed by atoms with Gasteiger partial charge in [-0.25, -0.2) is 0 Å². The third-order valence-electron chi connectivity index (χ3n) is 5.27. The first-order valence-electron chi connectivity index (χ1n) is 10.4. The predicted molar refractivity (Wildman–Crippen MR) is 116 cm³/mol. The summed E-state index contributed by atoms with van der Waals surface area (Å²) in [7, 11) is 0. The van der Waals surface area contributed by atoms with Crippen LogP contribution in [-0.4, -0.2) is 35.9 Å². The van der Waals surface area contributed by atoms with Crippen LogP contribution < -0.4 is 0 Å². The summed E-state index contributed by atoms with van der Waals surface area (Å²) in [5.74, 6) is -1.34. The summed E-state index contributed by atoms with van der Waals surface area (Å²) < 4.78 is 16.8. The monoisotopic (exact) mass is 446 g/mol. The minimum atomic E-state index is -0.646. The standard InChI is InChI=1S/C24H27ClO6/c1-16(26)30-22(28)14-4-2-3-9-17-15-29-24(18-10-5-7-12-20(18)25)31-23(17)19-11-6-8-13-21(19)27/h2-3,5-8,10-13,17,19,21,23-24,27H,4,9,14-15H2,1H3/b3-2-/t17-,19?,21?,23+,24?/m0/s1. The largest absolute Gasteiger partial charge is 0.393 e. The first-order valence-corrected chi connectivity index (χ1v) is 10.7. The summed E-state index contributed by atoms with van der Waals surface area (Å²) in [5, 5.41) is 11.1. The van der Waals surface area contributed by atoms with Crippen LogP contribution in [0.5, 0.6) is 0 Å². The van der Waals surface area contributed by atoms with Crippen molar-refractivity contribution < 1.29 is 28.9 Å². The van der Waals surface area contributed by atoms with Crippen molar-refractivity contribution in [2.75, 3.05) is 6.61 Å². The van der Waals surface area contributed by atoms with E-state index in [0.29, 0.717) is 24.5 Å². The van der Waals surface area contributed by atoms with Gasteiger partial charge in [0, 0.05) is 35.8 Å². The van der Waals surface area contributed by atoms with E-state index >= 15 is 0 Å². The molecular weight excluding hydrogens is 420 g/mol. The number of ether oxygens (including phenoxy) is 3. The number of aliphatic hydroxyl groups is 1. The normalized spacial score (nSPS) is 28.0. The quantitative estimate of drug-likeness (QED) is 0.382. The highest BCUT2D eigenvalue weighted by Gasteiger charge is 2.39. The summed E-state index contributed by atoms with van der Waals surface area (Å²) in [5.41, 5.74) is 0.761. The Balaban J connectivity index is 1.64. The predicted octanol–water partition coefficient (Wildman–Crippen LogP) is 4.29. The number of carbonyl (C=O) groups excluding carboxylic acids is 2. The molecule has 0 spiro atoms. The van der Waals surface area contributed by atoms with Crippen LogP contribution in [0, 0.1) is 11.8 Å². The van der Waals surface area contributed by atoms with Gasteiger partial charge in [0.2, 0.25) is 0 Å². The minimum absolute atomic E-state index is 0.00922. The maximum Gasteiger partial charge on any atom is 0.313 e. The third-order valence-corrected chi connectivity index (χ3v) is 5.62. The van der Waals surface area contributed by atoms with Gasteiger partial charge in [-0.15, -0.1) is 0 Å². The molecule has 0 saturated carbocycles. The number of esters is 2. The van der Waals surface area contributed by atoms with Crippen molar-refractivity contribution >= 4 is 23.5 Å². The SMILES string of the molecule is CC(=O)OC(=O)CC/C=C\C[C@H]1COC(c2ccccc2Cl)O[C@H]1C1C=CC=CC1O. The van der Waals surface area contributed by atoms with Gasteiger partial charge in [0.15, 0.2) is 6.29 Å². The maximum absolute atomic E-state index is 11.4. The van der Waals surface area contributed by atoms with Crippen molar-refractivity contribution in [3.63, 3.8) is 0 Å². The molecule has 1 N–H and O–H groups in total. The van der Waals surface area contributed by atoms with E-state index in [0.717, 1.165) is 5.56 Å². The zero-order chi connectivity index (χ0) is 22.2. The Bertz CT molecular complexity index is 861. The molecule has 7 heteroatoms. The molecule has 1 aromatic carbocycles. The Morgan fingerprint density at radius 1 is 1.23 bits per heavy atom. The maximum atomic E-state index is 11.4. The molecule has 0 radical (unpaired) electrons. The number of benzene rings is 1. The summed E-state index contributed by atoms with van der Waals surface area (Å²) in [6, 6.07) is 7.40. The second-order valence-corrected chi connectivity index (χ2v) is 8.00. The van der Waals surface area contributed by atoms with Crippen molar-refractivity contribution in [3.05, 3.63) is 71.3 Å². The Morgan fingerprint density at radius 2 is 2.00 bits per heavy atom. The summed E-state index contributed by atoms with van der Waals surface area (Å²) >= 11 is 6.33. The molecule has 3 rings (SSSR count). The van der Waals surface area contributed by atoms with Crippen LogP contribution >= 0.6 is 11.6 Å². The number of halogens is 1. The molecule has 2 aliphatic rings. The van der Waals surface area contributed by atoms with E-state index in [1.54, 1.807) is 12.1 Å². The molecule has 0 aromatic heterocycles. The molecule has 1 saturated heterocycles. The van der Waals surface area contributed by atoms with E-state index in [1.165, 1.54) is 6.92 Å². The van der Waals surface area contributed by atoms with Crippen molar-refractivity contribution in [3.8, 4) is 0 Å². The molecule has 166 valence electrons. The van der Waals surface area contributed by atoms with E-state index in [1.807, 2.05) is 48.6 Å². The van der Waals surface area contributed by atoms with Gasteiger partial charge in [-0.05, 0) is 18.9 Å². The van der Waals surface area contributed by atoms with Crippen LogP contribution in [0.3, 0.4) is 0 Å². The lowest BCUT2D eigenvalue weighted by Crippen LogP contribution is -2.44. The minimum Gasteiger partial charge on any atom is -0.393 e. The van der Waals surface area contributed by atoms with Gasteiger partial charge in [0.1, 0.15) is 0 Å². The molecule has 6 nitrogen and oxygen atoms in total. The van der Waals surface area contributed by atoms with Gasteiger partial charge >= 0.3 is 11.9 Å². The van der Waals surface area contributed by atoms with Gasteiger partial charge in [-0.3, -0.25) is 9.59 Å². The van der Waals surface area contributed by atoms with E-state index in [-0.39, 0.29) is 24.4 Å². The zero-order valence-electron chi connectivity index (χ0n) is 17.4. The molecular formula is C24H27ClO6. The molecule has 3 unspecified atom stereocenters. The van der Waals surface area contributed by atoms with Crippen LogP contribution in [0.4, 0.5) is 0 Å². The molecule has 1 aliphatic carbocycles. The number of carbonyl (C=O) groups is 2. The van der Waals surface area contributed by atoms with Gasteiger partial charge in [-0.1, -0.05) is 66.3 Å². The van der Waals surface area contributed by atoms with Gasteiger partial charge in [-0.2, -0.15) is 0 Å². The molecule has 5 atom stereocenters. The topological polar surface area (TPSA) is 82.1 Å². The average molecular weight is 447 g/mol. The Labute approximate surface area is 187 Å². The van der Waals surface area contributed by atoms with E-state index in [2.05, 4.69) is 4.74 Å². The van der Waals surface area contributed by atoms with Crippen molar-refractivity contribution in [2.45, 2.75) is 44.7 Å². The molecule has 0 amide bonds. The highest BCUT2D eigenvalue weighted by atomic mass is 35.5. The Kier molecular flexibility index (Phi) is 8.60. The van der Waals surface area contributed by atoms with E-state index in [9.17, 15) is 14.7 Å². The molecule has 1 heterocycles. The number of hydrogen-bond acceptors (Lipinski definition) is 6. The van der Waals surface area contributed by atoms with E-state index in [4.69, 9.17) is 21.1 Å². The highest BCUT2D eigenvalue weighted by molar-refractivity contribution is 6.31. The molecule has 31 heavy (non-hydrogen) atoms. The molecule has 1 aromatic rings.